The van der Waals surface area contributed by atoms with Gasteiger partial charge in [-0.15, -0.1) is 0 Å². The zero-order valence-electron chi connectivity index (χ0n) is 12.8. The van der Waals surface area contributed by atoms with E-state index in [9.17, 15) is 5.11 Å². The zero-order valence-corrected chi connectivity index (χ0v) is 12.8. The van der Waals surface area contributed by atoms with E-state index in [0.29, 0.717) is 17.7 Å². The molecule has 0 bridgehead atoms. The molecule has 0 saturated heterocycles. The van der Waals surface area contributed by atoms with E-state index < -0.39 is 0 Å². The summed E-state index contributed by atoms with van der Waals surface area (Å²) in [5, 5.41) is 10.0. The average Bonchev–Trinajstić information content (AvgIpc) is 2.48. The molecule has 1 fully saturated rings. The molecular formula is C17H28N2O. The van der Waals surface area contributed by atoms with Crippen molar-refractivity contribution >= 4 is 0 Å². The molecule has 1 aromatic carbocycles. The third kappa shape index (κ3) is 3.53. The predicted octanol–water partition coefficient (Wildman–Crippen LogP) is 3.04. The Balaban J connectivity index is 2.13. The summed E-state index contributed by atoms with van der Waals surface area (Å²) in [6.07, 6.45) is 5.10. The highest BCUT2D eigenvalue weighted by molar-refractivity contribution is 5.35. The normalized spacial score (nSPS) is 23.2. The molecule has 1 aliphatic rings. The van der Waals surface area contributed by atoms with Gasteiger partial charge < -0.3 is 10.8 Å². The first kappa shape index (κ1) is 15.3. The second-order valence-corrected chi connectivity index (χ2v) is 6.04. The Morgan fingerprint density at radius 3 is 2.75 bits per heavy atom. The smallest absolute Gasteiger partial charge is 0.120 e. The molecule has 1 aliphatic carbocycles. The standard InChI is InChI=1S/C17H28N2O/c1-3-19(16-7-5-4-6-14(16)11-18)12-15-10-13(2)8-9-17(15)20/h8-10,14,16,20H,3-7,11-12,18H2,1-2H3. The van der Waals surface area contributed by atoms with Gasteiger partial charge in [0.1, 0.15) is 5.75 Å². The van der Waals surface area contributed by atoms with Crippen LogP contribution in [-0.2, 0) is 6.54 Å². The van der Waals surface area contributed by atoms with E-state index in [4.69, 9.17) is 5.73 Å². The minimum Gasteiger partial charge on any atom is -0.508 e. The monoisotopic (exact) mass is 276 g/mol. The topological polar surface area (TPSA) is 49.5 Å². The molecule has 0 heterocycles. The van der Waals surface area contributed by atoms with Crippen LogP contribution in [0.1, 0.15) is 43.7 Å². The van der Waals surface area contributed by atoms with E-state index in [0.717, 1.165) is 25.2 Å². The van der Waals surface area contributed by atoms with Crippen LogP contribution in [0.5, 0.6) is 5.75 Å². The Bertz CT molecular complexity index is 433. The maximum Gasteiger partial charge on any atom is 0.120 e. The lowest BCUT2D eigenvalue weighted by atomic mass is 9.83. The Hall–Kier alpha value is -1.06. The van der Waals surface area contributed by atoms with Crippen molar-refractivity contribution in [3.05, 3.63) is 29.3 Å². The van der Waals surface area contributed by atoms with Gasteiger partial charge in [0.2, 0.25) is 0 Å². The molecule has 3 heteroatoms. The molecule has 0 amide bonds. The van der Waals surface area contributed by atoms with Crippen molar-refractivity contribution in [1.29, 1.82) is 0 Å². The van der Waals surface area contributed by atoms with Crippen LogP contribution in [0.25, 0.3) is 0 Å². The van der Waals surface area contributed by atoms with E-state index in [2.05, 4.69) is 24.8 Å². The van der Waals surface area contributed by atoms with E-state index >= 15 is 0 Å². The number of hydrogen-bond acceptors (Lipinski definition) is 3. The van der Waals surface area contributed by atoms with Gasteiger partial charge in [-0.2, -0.15) is 0 Å². The fourth-order valence-electron chi connectivity index (χ4n) is 3.47. The molecule has 20 heavy (non-hydrogen) atoms. The minimum absolute atomic E-state index is 0.411. The van der Waals surface area contributed by atoms with Crippen LogP contribution in [0.3, 0.4) is 0 Å². The fourth-order valence-corrected chi connectivity index (χ4v) is 3.47. The van der Waals surface area contributed by atoms with Crippen molar-refractivity contribution in [1.82, 2.24) is 4.90 Å². The van der Waals surface area contributed by atoms with Crippen LogP contribution in [0.15, 0.2) is 18.2 Å². The molecule has 0 aliphatic heterocycles. The van der Waals surface area contributed by atoms with Crippen LogP contribution >= 0.6 is 0 Å². The van der Waals surface area contributed by atoms with Crippen molar-refractivity contribution in [2.45, 2.75) is 52.1 Å². The van der Waals surface area contributed by atoms with Crippen LogP contribution < -0.4 is 5.73 Å². The highest BCUT2D eigenvalue weighted by atomic mass is 16.3. The number of phenols is 1. The van der Waals surface area contributed by atoms with Gasteiger partial charge in [0, 0.05) is 18.2 Å². The number of benzene rings is 1. The number of aryl methyl sites for hydroxylation is 1. The summed E-state index contributed by atoms with van der Waals surface area (Å²) in [5.41, 5.74) is 8.19. The summed E-state index contributed by atoms with van der Waals surface area (Å²) in [6.45, 7) is 6.89. The lowest BCUT2D eigenvalue weighted by molar-refractivity contribution is 0.105. The molecule has 3 nitrogen and oxygen atoms in total. The first-order valence-electron chi connectivity index (χ1n) is 7.88. The summed E-state index contributed by atoms with van der Waals surface area (Å²) in [4.78, 5) is 2.49. The van der Waals surface area contributed by atoms with Crippen molar-refractivity contribution in [2.24, 2.45) is 11.7 Å². The zero-order chi connectivity index (χ0) is 14.5. The lowest BCUT2D eigenvalue weighted by Crippen LogP contribution is -2.44. The molecule has 2 atom stereocenters. The van der Waals surface area contributed by atoms with Crippen molar-refractivity contribution in [3.63, 3.8) is 0 Å². The number of nitrogens with two attached hydrogens (primary N) is 1. The Morgan fingerprint density at radius 1 is 1.30 bits per heavy atom. The molecule has 0 spiro atoms. The van der Waals surface area contributed by atoms with Gasteiger partial charge in [0.25, 0.3) is 0 Å². The van der Waals surface area contributed by atoms with E-state index in [1.54, 1.807) is 6.07 Å². The predicted molar refractivity (Wildman–Crippen MR) is 83.7 cm³/mol. The van der Waals surface area contributed by atoms with Gasteiger partial charge in [0.15, 0.2) is 0 Å². The van der Waals surface area contributed by atoms with E-state index in [1.807, 2.05) is 6.07 Å². The molecule has 3 N–H and O–H groups in total. The molecule has 112 valence electrons. The van der Waals surface area contributed by atoms with Gasteiger partial charge in [-0.05, 0) is 44.8 Å². The number of hydrogen-bond donors (Lipinski definition) is 2. The first-order valence-corrected chi connectivity index (χ1v) is 7.88. The van der Waals surface area contributed by atoms with E-state index in [1.165, 1.54) is 31.2 Å². The Morgan fingerprint density at radius 2 is 2.05 bits per heavy atom. The van der Waals surface area contributed by atoms with Crippen LogP contribution in [0.4, 0.5) is 0 Å². The van der Waals surface area contributed by atoms with Crippen LogP contribution in [-0.4, -0.2) is 29.1 Å². The maximum atomic E-state index is 10.0. The van der Waals surface area contributed by atoms with Crippen molar-refractivity contribution < 1.29 is 5.11 Å². The summed E-state index contributed by atoms with van der Waals surface area (Å²) in [5.74, 6) is 1.02. The summed E-state index contributed by atoms with van der Waals surface area (Å²) in [7, 11) is 0. The molecule has 2 unspecified atom stereocenters. The summed E-state index contributed by atoms with van der Waals surface area (Å²) >= 11 is 0. The summed E-state index contributed by atoms with van der Waals surface area (Å²) < 4.78 is 0. The minimum atomic E-state index is 0.411. The number of nitrogens with zero attached hydrogens (tertiary/aromatic N) is 1. The van der Waals surface area contributed by atoms with Gasteiger partial charge in [0.05, 0.1) is 0 Å². The van der Waals surface area contributed by atoms with Gasteiger partial charge in [-0.25, -0.2) is 0 Å². The van der Waals surface area contributed by atoms with Crippen molar-refractivity contribution in [2.75, 3.05) is 13.1 Å². The lowest BCUT2D eigenvalue weighted by Gasteiger charge is -2.39. The largest absolute Gasteiger partial charge is 0.508 e. The Labute approximate surface area is 122 Å². The molecule has 1 saturated carbocycles. The Kier molecular flexibility index (Phi) is 5.44. The second-order valence-electron chi connectivity index (χ2n) is 6.04. The van der Waals surface area contributed by atoms with Crippen molar-refractivity contribution in [3.8, 4) is 5.75 Å². The quantitative estimate of drug-likeness (QED) is 0.869. The number of aromatic hydroxyl groups is 1. The average molecular weight is 276 g/mol. The first-order chi connectivity index (χ1) is 9.65. The number of rotatable bonds is 5. The summed E-state index contributed by atoms with van der Waals surface area (Å²) in [6, 6.07) is 6.43. The molecular weight excluding hydrogens is 248 g/mol. The fraction of sp³-hybridized carbons (Fsp3) is 0.647. The molecule has 1 aromatic rings. The SMILES string of the molecule is CCN(Cc1cc(C)ccc1O)C1CCCCC1CN. The highest BCUT2D eigenvalue weighted by Gasteiger charge is 2.28. The number of phenolic OH excluding ortho intramolecular Hbond substituents is 1. The van der Waals surface area contributed by atoms with Gasteiger partial charge in [-0.3, -0.25) is 4.90 Å². The molecule has 0 radical (unpaired) electrons. The maximum absolute atomic E-state index is 10.0. The second kappa shape index (κ2) is 7.09. The molecule has 0 aromatic heterocycles. The van der Waals surface area contributed by atoms with Crippen LogP contribution in [0, 0.1) is 12.8 Å². The third-order valence-corrected chi connectivity index (χ3v) is 4.66. The van der Waals surface area contributed by atoms with Gasteiger partial charge >= 0.3 is 0 Å². The third-order valence-electron chi connectivity index (χ3n) is 4.66. The highest BCUT2D eigenvalue weighted by Crippen LogP contribution is 2.30. The van der Waals surface area contributed by atoms with E-state index in [-0.39, 0.29) is 0 Å². The van der Waals surface area contributed by atoms with Crippen LogP contribution in [0.2, 0.25) is 0 Å². The van der Waals surface area contributed by atoms with Gasteiger partial charge in [-0.1, -0.05) is 37.5 Å². The molecule has 2 rings (SSSR count).